The fourth-order valence-electron chi connectivity index (χ4n) is 2.66. The Kier molecular flexibility index (Phi) is 6.02. The van der Waals surface area contributed by atoms with Crippen LogP contribution in [0.4, 0.5) is 10.5 Å². The van der Waals surface area contributed by atoms with Crippen LogP contribution >= 0.6 is 0 Å². The standard InChI is InChI=1S/C19H26N2O4/c1-5-10-23-14-8-9-16(20)17(12-14)24-15-7-6-13(11-15)21-18(22)25-19(2,3)4/h1,8-9,12-13,15H,6-7,10-11,20H2,2-4H3,(H,21,22)/t13-,15+/m0/s1. The maximum atomic E-state index is 11.9. The van der Waals surface area contributed by atoms with Gasteiger partial charge in [-0.25, -0.2) is 4.79 Å². The molecule has 0 aliphatic heterocycles. The highest BCUT2D eigenvalue weighted by atomic mass is 16.6. The van der Waals surface area contributed by atoms with Crippen molar-refractivity contribution in [2.45, 2.75) is 57.8 Å². The molecule has 1 saturated carbocycles. The number of rotatable bonds is 5. The minimum atomic E-state index is -0.508. The van der Waals surface area contributed by atoms with Crippen LogP contribution in [0.2, 0.25) is 0 Å². The molecule has 3 N–H and O–H groups in total. The van der Waals surface area contributed by atoms with Crippen LogP contribution in [0, 0.1) is 12.3 Å². The summed E-state index contributed by atoms with van der Waals surface area (Å²) in [6.45, 7) is 5.70. The van der Waals surface area contributed by atoms with Crippen molar-refractivity contribution in [2.24, 2.45) is 0 Å². The first-order chi connectivity index (χ1) is 11.8. The van der Waals surface area contributed by atoms with Gasteiger partial charge in [0.05, 0.1) is 5.69 Å². The lowest BCUT2D eigenvalue weighted by Crippen LogP contribution is -2.38. The summed E-state index contributed by atoms with van der Waals surface area (Å²) in [6, 6.07) is 5.25. The molecule has 1 aliphatic carbocycles. The van der Waals surface area contributed by atoms with Crippen molar-refractivity contribution in [3.63, 3.8) is 0 Å². The largest absolute Gasteiger partial charge is 0.488 e. The molecule has 1 aromatic rings. The number of nitrogens with two attached hydrogens (primary N) is 1. The highest BCUT2D eigenvalue weighted by Crippen LogP contribution is 2.31. The second-order valence-corrected chi connectivity index (χ2v) is 7.09. The lowest BCUT2D eigenvalue weighted by molar-refractivity contribution is 0.0503. The van der Waals surface area contributed by atoms with E-state index >= 15 is 0 Å². The molecule has 6 nitrogen and oxygen atoms in total. The smallest absolute Gasteiger partial charge is 0.407 e. The van der Waals surface area contributed by atoms with Crippen LogP contribution in [0.1, 0.15) is 40.0 Å². The zero-order valence-corrected chi connectivity index (χ0v) is 15.0. The molecule has 0 unspecified atom stereocenters. The minimum absolute atomic E-state index is 0.0230. The van der Waals surface area contributed by atoms with Gasteiger partial charge in [0.1, 0.15) is 29.8 Å². The van der Waals surface area contributed by atoms with E-state index in [-0.39, 0.29) is 18.8 Å². The van der Waals surface area contributed by atoms with E-state index in [1.165, 1.54) is 0 Å². The van der Waals surface area contributed by atoms with E-state index in [9.17, 15) is 4.79 Å². The van der Waals surface area contributed by atoms with Crippen LogP contribution in [-0.2, 0) is 4.74 Å². The number of hydrogen-bond acceptors (Lipinski definition) is 5. The number of ether oxygens (including phenoxy) is 3. The number of terminal acetylenes is 1. The molecule has 2 rings (SSSR count). The lowest BCUT2D eigenvalue weighted by atomic mass is 10.2. The van der Waals surface area contributed by atoms with Gasteiger partial charge >= 0.3 is 6.09 Å². The summed E-state index contributed by atoms with van der Waals surface area (Å²) >= 11 is 0. The van der Waals surface area contributed by atoms with E-state index in [4.69, 9.17) is 26.4 Å². The van der Waals surface area contributed by atoms with E-state index in [1.54, 1.807) is 18.2 Å². The Morgan fingerprint density at radius 2 is 2.16 bits per heavy atom. The third-order valence-electron chi connectivity index (χ3n) is 3.71. The summed E-state index contributed by atoms with van der Waals surface area (Å²) in [7, 11) is 0. The summed E-state index contributed by atoms with van der Waals surface area (Å²) < 4.78 is 16.7. The van der Waals surface area contributed by atoms with Gasteiger partial charge in [0, 0.05) is 18.5 Å². The number of carbonyl (C=O) groups excluding carboxylic acids is 1. The van der Waals surface area contributed by atoms with Crippen molar-refractivity contribution in [1.29, 1.82) is 0 Å². The number of hydrogen-bond donors (Lipinski definition) is 2. The number of carbonyl (C=O) groups is 1. The molecule has 0 spiro atoms. The second kappa shape index (κ2) is 8.02. The predicted molar refractivity (Wildman–Crippen MR) is 96.6 cm³/mol. The molecule has 2 atom stereocenters. The van der Waals surface area contributed by atoms with Gasteiger partial charge in [-0.3, -0.25) is 0 Å². The molecule has 0 aromatic heterocycles. The zero-order valence-electron chi connectivity index (χ0n) is 15.0. The third-order valence-corrected chi connectivity index (χ3v) is 3.71. The van der Waals surface area contributed by atoms with E-state index < -0.39 is 11.7 Å². The monoisotopic (exact) mass is 346 g/mol. The molecular weight excluding hydrogens is 320 g/mol. The maximum absolute atomic E-state index is 11.9. The molecule has 0 radical (unpaired) electrons. The van der Waals surface area contributed by atoms with Crippen LogP contribution in [0.25, 0.3) is 0 Å². The van der Waals surface area contributed by atoms with Gasteiger partial charge in [-0.1, -0.05) is 5.92 Å². The Hall–Kier alpha value is -2.55. The Labute approximate surface area is 149 Å². The molecule has 1 fully saturated rings. The molecule has 1 aliphatic rings. The quantitative estimate of drug-likeness (QED) is 0.632. The van der Waals surface area contributed by atoms with Crippen molar-refractivity contribution in [3.8, 4) is 23.8 Å². The molecular formula is C19H26N2O4. The Bertz CT molecular complexity index is 646. The molecule has 0 bridgehead atoms. The van der Waals surface area contributed by atoms with E-state index in [1.807, 2.05) is 20.8 Å². The molecule has 6 heteroatoms. The van der Waals surface area contributed by atoms with Crippen molar-refractivity contribution in [3.05, 3.63) is 18.2 Å². The van der Waals surface area contributed by atoms with Crippen molar-refractivity contribution < 1.29 is 19.0 Å². The van der Waals surface area contributed by atoms with Gasteiger partial charge in [-0.15, -0.1) is 6.42 Å². The minimum Gasteiger partial charge on any atom is -0.488 e. The first kappa shape index (κ1) is 18.8. The van der Waals surface area contributed by atoms with Crippen molar-refractivity contribution in [1.82, 2.24) is 5.32 Å². The number of nitrogens with one attached hydrogen (secondary N) is 1. The molecule has 25 heavy (non-hydrogen) atoms. The van der Waals surface area contributed by atoms with Crippen LogP contribution in [0.3, 0.4) is 0 Å². The van der Waals surface area contributed by atoms with E-state index in [2.05, 4.69) is 11.2 Å². The summed E-state index contributed by atoms with van der Waals surface area (Å²) in [5.74, 6) is 3.60. The van der Waals surface area contributed by atoms with Gasteiger partial charge in [0.2, 0.25) is 0 Å². The van der Waals surface area contributed by atoms with E-state index in [0.29, 0.717) is 23.6 Å². The first-order valence-corrected chi connectivity index (χ1v) is 8.39. The van der Waals surface area contributed by atoms with Crippen LogP contribution in [0.15, 0.2) is 18.2 Å². The number of nitrogen functional groups attached to an aromatic ring is 1. The molecule has 1 aromatic carbocycles. The van der Waals surface area contributed by atoms with Gasteiger partial charge in [-0.05, 0) is 45.7 Å². The van der Waals surface area contributed by atoms with E-state index in [0.717, 1.165) is 12.8 Å². The average Bonchev–Trinajstić information content (AvgIpc) is 2.93. The summed E-state index contributed by atoms with van der Waals surface area (Å²) in [5, 5.41) is 2.89. The average molecular weight is 346 g/mol. The summed E-state index contributed by atoms with van der Waals surface area (Å²) in [6.07, 6.45) is 7.13. The molecule has 1 amide bonds. The number of alkyl carbamates (subject to hydrolysis) is 1. The van der Waals surface area contributed by atoms with Crippen molar-refractivity contribution in [2.75, 3.05) is 12.3 Å². The first-order valence-electron chi connectivity index (χ1n) is 8.39. The molecule has 0 saturated heterocycles. The van der Waals surface area contributed by atoms with Gasteiger partial charge < -0.3 is 25.3 Å². The van der Waals surface area contributed by atoms with Crippen LogP contribution in [0.5, 0.6) is 11.5 Å². The number of benzene rings is 1. The maximum Gasteiger partial charge on any atom is 0.407 e. The Balaban J connectivity index is 1.88. The van der Waals surface area contributed by atoms with Crippen LogP contribution < -0.4 is 20.5 Å². The fraction of sp³-hybridized carbons (Fsp3) is 0.526. The van der Waals surface area contributed by atoms with Gasteiger partial charge in [0.15, 0.2) is 0 Å². The second-order valence-electron chi connectivity index (χ2n) is 7.09. The third kappa shape index (κ3) is 6.11. The normalized spacial score (nSPS) is 19.8. The fourth-order valence-corrected chi connectivity index (χ4v) is 2.66. The Morgan fingerprint density at radius 3 is 2.84 bits per heavy atom. The highest BCUT2D eigenvalue weighted by Gasteiger charge is 2.29. The van der Waals surface area contributed by atoms with Gasteiger partial charge in [0.25, 0.3) is 0 Å². The van der Waals surface area contributed by atoms with Crippen LogP contribution in [-0.4, -0.2) is 30.4 Å². The van der Waals surface area contributed by atoms with Crippen molar-refractivity contribution >= 4 is 11.8 Å². The zero-order chi connectivity index (χ0) is 18.4. The summed E-state index contributed by atoms with van der Waals surface area (Å²) in [4.78, 5) is 11.9. The van der Waals surface area contributed by atoms with Gasteiger partial charge in [-0.2, -0.15) is 0 Å². The lowest BCUT2D eigenvalue weighted by Gasteiger charge is -2.22. The number of amides is 1. The highest BCUT2D eigenvalue weighted by molar-refractivity contribution is 5.68. The predicted octanol–water partition coefficient (Wildman–Crippen LogP) is 3.11. The molecule has 0 heterocycles. The Morgan fingerprint density at radius 1 is 1.40 bits per heavy atom. The summed E-state index contributed by atoms with van der Waals surface area (Å²) in [5.41, 5.74) is 6.00. The number of anilines is 1. The molecule has 136 valence electrons. The topological polar surface area (TPSA) is 82.8 Å². The SMILES string of the molecule is C#CCOc1ccc(N)c(O[C@@H]2CC[C@H](NC(=O)OC(C)(C)C)C2)c1.